The Balaban J connectivity index is 1.82. The van der Waals surface area contributed by atoms with Crippen LogP contribution in [0.1, 0.15) is 37.8 Å². The Kier molecular flexibility index (Phi) is 8.73. The molecule has 11 heteroatoms. The number of hydrogen-bond acceptors (Lipinski definition) is 6. The molecule has 1 aromatic heterocycles. The molecule has 0 fully saturated rings. The highest BCUT2D eigenvalue weighted by Crippen LogP contribution is 2.41. The maximum absolute atomic E-state index is 14.5. The van der Waals surface area contributed by atoms with E-state index in [9.17, 15) is 17.9 Å². The van der Waals surface area contributed by atoms with Gasteiger partial charge in [0, 0.05) is 18.2 Å². The van der Waals surface area contributed by atoms with Crippen LogP contribution in [0.25, 0.3) is 11.6 Å². The summed E-state index contributed by atoms with van der Waals surface area (Å²) in [7, 11) is -4.24. The first-order valence-corrected chi connectivity index (χ1v) is 14.3. The van der Waals surface area contributed by atoms with Crippen molar-refractivity contribution in [2.24, 2.45) is 0 Å². The number of pyridine rings is 1. The summed E-state index contributed by atoms with van der Waals surface area (Å²) in [5, 5.41) is 9.99. The van der Waals surface area contributed by atoms with E-state index < -0.39 is 21.9 Å². The number of rotatable bonds is 9. The number of benzene rings is 2. The summed E-state index contributed by atoms with van der Waals surface area (Å²) in [4.78, 5) is 3.89. The molecular weight excluding hydrogens is 566 g/mol. The van der Waals surface area contributed by atoms with Crippen LogP contribution in [0.3, 0.4) is 0 Å². The Morgan fingerprint density at radius 3 is 2.77 bits per heavy atom. The number of hydrogen-bond donors (Lipinski definition) is 1. The number of ether oxygens (including phenoxy) is 2. The highest BCUT2D eigenvalue weighted by atomic mass is 35.5. The molecule has 0 aliphatic carbocycles. The molecule has 1 aliphatic heterocycles. The lowest BCUT2D eigenvalue weighted by molar-refractivity contribution is 0.184. The highest BCUT2D eigenvalue weighted by molar-refractivity contribution is 7.93. The van der Waals surface area contributed by atoms with Crippen molar-refractivity contribution in [1.29, 1.82) is 0 Å². The van der Waals surface area contributed by atoms with Crippen LogP contribution in [0, 0.1) is 5.82 Å². The predicted molar refractivity (Wildman–Crippen MR) is 152 cm³/mol. The molecule has 0 bridgehead atoms. The molecule has 2 heterocycles. The van der Waals surface area contributed by atoms with Gasteiger partial charge in [-0.05, 0) is 61.7 Å². The Morgan fingerprint density at radius 1 is 1.31 bits per heavy atom. The summed E-state index contributed by atoms with van der Waals surface area (Å²) in [6.07, 6.45) is 3.02. The first-order chi connectivity index (χ1) is 18.5. The number of aliphatic hydroxyl groups is 1. The molecule has 0 saturated carbocycles. The zero-order valence-corrected chi connectivity index (χ0v) is 23.7. The summed E-state index contributed by atoms with van der Waals surface area (Å²) in [5.74, 6) is -0.243. The smallest absolute Gasteiger partial charge is 0.270 e. The van der Waals surface area contributed by atoms with Crippen molar-refractivity contribution in [3.05, 3.63) is 88.0 Å². The molecule has 0 spiro atoms. The normalized spacial score (nSPS) is 15.5. The predicted octanol–water partition coefficient (Wildman–Crippen LogP) is 7.29. The Bertz CT molecular complexity index is 1520. The van der Waals surface area contributed by atoms with Gasteiger partial charge in [0.05, 0.1) is 34.6 Å². The Labute approximate surface area is 237 Å². The largest absolute Gasteiger partial charge is 0.513 e. The Morgan fingerprint density at radius 2 is 2.08 bits per heavy atom. The van der Waals surface area contributed by atoms with Gasteiger partial charge in [-0.25, -0.2) is 17.8 Å². The molecule has 0 saturated heterocycles. The minimum Gasteiger partial charge on any atom is -0.513 e. The zero-order chi connectivity index (χ0) is 28.3. The topological polar surface area (TPSA) is 89.0 Å². The standard InChI is InChI=1S/C28H27Cl2FN2O5S/c1-4-37-28-26(14-20(29)15-32-28)39(35,36)33-16-21(10-8-18(3)34)38-25-11-9-19(13-24(25)33)12-17(2)27-22(30)6-5-7-23(27)31/h5-7,9,11-15,21,34H,3-4,8,10,16H2,1-2H3/b17-12+/t21-/m0/s1. The van der Waals surface area contributed by atoms with Crippen molar-refractivity contribution in [1.82, 2.24) is 4.98 Å². The summed E-state index contributed by atoms with van der Waals surface area (Å²) >= 11 is 12.4. The monoisotopic (exact) mass is 592 g/mol. The van der Waals surface area contributed by atoms with Crippen molar-refractivity contribution in [3.63, 3.8) is 0 Å². The number of aromatic nitrogens is 1. The third-order valence-corrected chi connectivity index (χ3v) is 8.34. The molecule has 1 atom stereocenters. The Hall–Kier alpha value is -3.27. The molecular formula is C28H27Cl2FN2O5S. The van der Waals surface area contributed by atoms with Gasteiger partial charge in [0.15, 0.2) is 4.90 Å². The number of halogens is 3. The van der Waals surface area contributed by atoms with Crippen molar-refractivity contribution >= 4 is 50.6 Å². The third kappa shape index (κ3) is 6.32. The van der Waals surface area contributed by atoms with Crippen molar-refractivity contribution in [2.75, 3.05) is 17.5 Å². The molecule has 0 radical (unpaired) electrons. The van der Waals surface area contributed by atoms with E-state index in [1.54, 1.807) is 44.2 Å². The van der Waals surface area contributed by atoms with E-state index in [0.29, 0.717) is 23.3 Å². The van der Waals surface area contributed by atoms with E-state index in [1.165, 1.54) is 28.7 Å². The SMILES string of the molecule is C=C(O)CC[C@H]1CN(S(=O)(=O)c2cc(Cl)cnc2OCC)c2cc(/C=C(\C)c3c(F)cccc3Cl)ccc2O1. The number of nitrogens with zero attached hydrogens (tertiary/aromatic N) is 2. The first kappa shape index (κ1) is 28.7. The van der Waals surface area contributed by atoms with Gasteiger partial charge in [0.2, 0.25) is 5.88 Å². The molecule has 7 nitrogen and oxygen atoms in total. The van der Waals surface area contributed by atoms with Crippen molar-refractivity contribution < 1.29 is 27.4 Å². The van der Waals surface area contributed by atoms with E-state index in [1.807, 2.05) is 0 Å². The molecule has 0 unspecified atom stereocenters. The molecule has 2 aromatic carbocycles. The molecule has 1 N–H and O–H groups in total. The molecule has 1 aliphatic rings. The van der Waals surface area contributed by atoms with Gasteiger partial charge in [-0.2, -0.15) is 0 Å². The lowest BCUT2D eigenvalue weighted by atomic mass is 10.0. The second-order valence-corrected chi connectivity index (χ2v) is 11.6. The number of anilines is 1. The summed E-state index contributed by atoms with van der Waals surface area (Å²) < 4.78 is 55.5. The minimum absolute atomic E-state index is 0.0285. The third-order valence-electron chi connectivity index (χ3n) is 6.04. The van der Waals surface area contributed by atoms with Gasteiger partial charge >= 0.3 is 0 Å². The average Bonchev–Trinajstić information content (AvgIpc) is 2.88. The van der Waals surface area contributed by atoms with Gasteiger partial charge in [0.25, 0.3) is 10.0 Å². The number of allylic oxidation sites excluding steroid dienone is 2. The zero-order valence-electron chi connectivity index (χ0n) is 21.3. The van der Waals surface area contributed by atoms with Crippen LogP contribution in [0.5, 0.6) is 11.6 Å². The summed E-state index contributed by atoms with van der Waals surface area (Å²) in [6.45, 7) is 7.09. The second-order valence-electron chi connectivity index (χ2n) is 8.92. The van der Waals surface area contributed by atoms with E-state index in [0.717, 1.165) is 0 Å². The van der Waals surface area contributed by atoms with Crippen LogP contribution < -0.4 is 13.8 Å². The van der Waals surface area contributed by atoms with Gasteiger partial charge < -0.3 is 14.6 Å². The molecule has 206 valence electrons. The van der Waals surface area contributed by atoms with Gasteiger partial charge in [0.1, 0.15) is 17.7 Å². The maximum Gasteiger partial charge on any atom is 0.270 e. The van der Waals surface area contributed by atoms with Crippen LogP contribution in [0.15, 0.2) is 65.9 Å². The molecule has 0 amide bonds. The van der Waals surface area contributed by atoms with Crippen LogP contribution in [-0.2, 0) is 10.0 Å². The minimum atomic E-state index is -4.24. The average molecular weight is 594 g/mol. The first-order valence-electron chi connectivity index (χ1n) is 12.1. The van der Waals surface area contributed by atoms with E-state index in [-0.39, 0.29) is 57.4 Å². The highest BCUT2D eigenvalue weighted by Gasteiger charge is 2.37. The molecule has 39 heavy (non-hydrogen) atoms. The van der Waals surface area contributed by atoms with Gasteiger partial charge in [-0.15, -0.1) is 0 Å². The molecule has 3 aromatic rings. The lowest BCUT2D eigenvalue weighted by Gasteiger charge is -2.36. The quantitative estimate of drug-likeness (QED) is 0.207. The fourth-order valence-corrected chi connectivity index (χ4v) is 6.42. The number of fused-ring (bicyclic) bond motifs is 1. The van der Waals surface area contributed by atoms with Crippen LogP contribution in [0.2, 0.25) is 10.0 Å². The van der Waals surface area contributed by atoms with Crippen LogP contribution in [-0.4, -0.2) is 37.8 Å². The van der Waals surface area contributed by atoms with Crippen LogP contribution in [0.4, 0.5) is 10.1 Å². The summed E-state index contributed by atoms with van der Waals surface area (Å²) in [6, 6.07) is 10.8. The van der Waals surface area contributed by atoms with E-state index >= 15 is 0 Å². The van der Waals surface area contributed by atoms with E-state index in [4.69, 9.17) is 32.7 Å². The fraction of sp³-hybridized carbons (Fsp3) is 0.250. The van der Waals surface area contributed by atoms with Gasteiger partial charge in [-0.1, -0.05) is 48.0 Å². The van der Waals surface area contributed by atoms with Crippen molar-refractivity contribution in [3.8, 4) is 11.6 Å². The second kappa shape index (κ2) is 11.9. The maximum atomic E-state index is 14.5. The number of aliphatic hydroxyl groups excluding tert-OH is 1. The number of sulfonamides is 1. The molecule has 4 rings (SSSR count). The fourth-order valence-electron chi connectivity index (χ4n) is 4.28. The van der Waals surface area contributed by atoms with E-state index in [2.05, 4.69) is 11.6 Å². The summed E-state index contributed by atoms with van der Waals surface area (Å²) in [5.41, 5.74) is 1.69. The van der Waals surface area contributed by atoms with Crippen LogP contribution >= 0.6 is 23.2 Å². The van der Waals surface area contributed by atoms with Crippen molar-refractivity contribution in [2.45, 2.75) is 37.7 Å². The van der Waals surface area contributed by atoms with Gasteiger partial charge in [-0.3, -0.25) is 4.31 Å². The lowest BCUT2D eigenvalue weighted by Crippen LogP contribution is -2.43.